The quantitative estimate of drug-likeness (QED) is 0.668. The molecule has 2 N–H and O–H groups in total. The molecule has 3 heteroatoms. The molecule has 0 radical (unpaired) electrons. The highest BCUT2D eigenvalue weighted by Gasteiger charge is 2.07. The number of nitrogens with two attached hydrogens (primary N) is 1. The molecule has 2 rings (SSSR count). The topological polar surface area (TPSA) is 52.3 Å². The standard InChI is InChI=1S/C17H19NO2/c1-12-11-14(6-9-16(12)18)17(19)10-5-13-3-7-15(20-2)8-4-13/h3-4,6-9,11H,5,10,18H2,1-2H3. The molecule has 0 amide bonds. The van der Waals surface area contributed by atoms with Crippen LogP contribution in [0.5, 0.6) is 5.75 Å². The van der Waals surface area contributed by atoms with Gasteiger partial charge in [-0.05, 0) is 54.8 Å². The van der Waals surface area contributed by atoms with E-state index in [9.17, 15) is 4.79 Å². The smallest absolute Gasteiger partial charge is 0.163 e. The summed E-state index contributed by atoms with van der Waals surface area (Å²) in [4.78, 5) is 12.1. The van der Waals surface area contributed by atoms with E-state index < -0.39 is 0 Å². The molecular formula is C17H19NO2. The number of hydrogen-bond acceptors (Lipinski definition) is 3. The Balaban J connectivity index is 1.98. The fourth-order valence-corrected chi connectivity index (χ4v) is 2.04. The predicted molar refractivity (Wildman–Crippen MR) is 81.2 cm³/mol. The molecular weight excluding hydrogens is 250 g/mol. The highest BCUT2D eigenvalue weighted by molar-refractivity contribution is 5.96. The molecule has 0 heterocycles. The third kappa shape index (κ3) is 3.38. The zero-order chi connectivity index (χ0) is 14.5. The first-order valence-corrected chi connectivity index (χ1v) is 6.62. The Kier molecular flexibility index (Phi) is 4.41. The van der Waals surface area contributed by atoms with Crippen LogP contribution < -0.4 is 10.5 Å². The number of benzene rings is 2. The molecule has 0 spiro atoms. The number of nitrogen functional groups attached to an aromatic ring is 1. The van der Waals surface area contributed by atoms with Gasteiger partial charge in [0.05, 0.1) is 7.11 Å². The Morgan fingerprint density at radius 1 is 1.15 bits per heavy atom. The first-order valence-electron chi connectivity index (χ1n) is 6.62. The van der Waals surface area contributed by atoms with E-state index in [-0.39, 0.29) is 5.78 Å². The highest BCUT2D eigenvalue weighted by atomic mass is 16.5. The molecule has 20 heavy (non-hydrogen) atoms. The summed E-state index contributed by atoms with van der Waals surface area (Å²) in [5.41, 5.74) is 9.28. The largest absolute Gasteiger partial charge is 0.497 e. The average molecular weight is 269 g/mol. The van der Waals surface area contributed by atoms with Gasteiger partial charge < -0.3 is 10.5 Å². The SMILES string of the molecule is COc1ccc(CCC(=O)c2ccc(N)c(C)c2)cc1. The van der Waals surface area contributed by atoms with Crippen molar-refractivity contribution in [3.8, 4) is 5.75 Å². The van der Waals surface area contributed by atoms with Gasteiger partial charge >= 0.3 is 0 Å². The van der Waals surface area contributed by atoms with Gasteiger partial charge in [0.1, 0.15) is 5.75 Å². The molecule has 0 unspecified atom stereocenters. The van der Waals surface area contributed by atoms with Gasteiger partial charge in [-0.25, -0.2) is 0 Å². The van der Waals surface area contributed by atoms with Crippen LogP contribution in [-0.2, 0) is 6.42 Å². The minimum atomic E-state index is 0.143. The van der Waals surface area contributed by atoms with Gasteiger partial charge in [-0.1, -0.05) is 12.1 Å². The van der Waals surface area contributed by atoms with Crippen molar-refractivity contribution in [1.82, 2.24) is 0 Å². The van der Waals surface area contributed by atoms with Crippen LogP contribution in [0.2, 0.25) is 0 Å². The monoisotopic (exact) mass is 269 g/mol. The van der Waals surface area contributed by atoms with Gasteiger partial charge in [0.15, 0.2) is 5.78 Å². The second-order valence-corrected chi connectivity index (χ2v) is 4.84. The second-order valence-electron chi connectivity index (χ2n) is 4.84. The van der Waals surface area contributed by atoms with E-state index in [1.54, 1.807) is 19.2 Å². The minimum absolute atomic E-state index is 0.143. The van der Waals surface area contributed by atoms with Crippen LogP contribution in [0, 0.1) is 6.92 Å². The Hall–Kier alpha value is -2.29. The first kappa shape index (κ1) is 14.1. The number of rotatable bonds is 5. The van der Waals surface area contributed by atoms with Crippen molar-refractivity contribution in [2.24, 2.45) is 0 Å². The number of ether oxygens (including phenoxy) is 1. The fraction of sp³-hybridized carbons (Fsp3) is 0.235. The second kappa shape index (κ2) is 6.24. The molecule has 0 saturated heterocycles. The molecule has 104 valence electrons. The van der Waals surface area contributed by atoms with Crippen LogP contribution >= 0.6 is 0 Å². The highest BCUT2D eigenvalue weighted by Crippen LogP contribution is 2.16. The lowest BCUT2D eigenvalue weighted by Crippen LogP contribution is -2.02. The van der Waals surface area contributed by atoms with E-state index in [0.717, 1.165) is 34.5 Å². The number of hydrogen-bond donors (Lipinski definition) is 1. The lowest BCUT2D eigenvalue weighted by atomic mass is 10.0. The molecule has 0 atom stereocenters. The Labute approximate surface area is 119 Å². The van der Waals surface area contributed by atoms with Gasteiger partial charge in [0, 0.05) is 17.7 Å². The van der Waals surface area contributed by atoms with Gasteiger partial charge in [0.2, 0.25) is 0 Å². The van der Waals surface area contributed by atoms with E-state index in [1.807, 2.05) is 37.3 Å². The molecule has 0 aromatic heterocycles. The number of carbonyl (C=O) groups excluding carboxylic acids is 1. The van der Waals surface area contributed by atoms with Crippen molar-refractivity contribution < 1.29 is 9.53 Å². The van der Waals surface area contributed by atoms with Crippen molar-refractivity contribution >= 4 is 11.5 Å². The summed E-state index contributed by atoms with van der Waals surface area (Å²) in [6.07, 6.45) is 1.22. The van der Waals surface area contributed by atoms with E-state index in [2.05, 4.69) is 0 Å². The maximum Gasteiger partial charge on any atom is 0.163 e. The summed E-state index contributed by atoms with van der Waals surface area (Å²) in [7, 11) is 1.64. The fourth-order valence-electron chi connectivity index (χ4n) is 2.04. The summed E-state index contributed by atoms with van der Waals surface area (Å²) in [6.45, 7) is 1.91. The number of methoxy groups -OCH3 is 1. The lowest BCUT2D eigenvalue weighted by Gasteiger charge is -2.05. The molecule has 0 aliphatic rings. The molecule has 0 fully saturated rings. The average Bonchev–Trinajstić information content (AvgIpc) is 2.48. The van der Waals surface area contributed by atoms with Crippen LogP contribution in [0.15, 0.2) is 42.5 Å². The lowest BCUT2D eigenvalue weighted by molar-refractivity contribution is 0.0983. The molecule has 0 bridgehead atoms. The predicted octanol–water partition coefficient (Wildman–Crippen LogP) is 3.40. The minimum Gasteiger partial charge on any atom is -0.497 e. The number of anilines is 1. The van der Waals surface area contributed by atoms with Crippen LogP contribution in [0.3, 0.4) is 0 Å². The van der Waals surface area contributed by atoms with E-state index >= 15 is 0 Å². The third-order valence-corrected chi connectivity index (χ3v) is 3.39. The molecule has 3 nitrogen and oxygen atoms in total. The molecule has 2 aromatic rings. The molecule has 0 aliphatic heterocycles. The summed E-state index contributed by atoms with van der Waals surface area (Å²) in [5.74, 6) is 0.971. The summed E-state index contributed by atoms with van der Waals surface area (Å²) < 4.78 is 5.11. The normalized spacial score (nSPS) is 10.3. The first-order chi connectivity index (χ1) is 9.60. The Bertz CT molecular complexity index is 603. The number of carbonyl (C=O) groups is 1. The van der Waals surface area contributed by atoms with Crippen LogP contribution in [0.1, 0.15) is 27.9 Å². The molecule has 2 aromatic carbocycles. The van der Waals surface area contributed by atoms with Crippen molar-refractivity contribution in [2.45, 2.75) is 19.8 Å². The number of ketones is 1. The van der Waals surface area contributed by atoms with E-state index in [0.29, 0.717) is 6.42 Å². The van der Waals surface area contributed by atoms with Crippen LogP contribution in [-0.4, -0.2) is 12.9 Å². The molecule has 0 aliphatic carbocycles. The van der Waals surface area contributed by atoms with E-state index in [1.165, 1.54) is 0 Å². The van der Waals surface area contributed by atoms with Gasteiger partial charge in [-0.2, -0.15) is 0 Å². The maximum atomic E-state index is 12.1. The van der Waals surface area contributed by atoms with Gasteiger partial charge in [-0.3, -0.25) is 4.79 Å². The van der Waals surface area contributed by atoms with Crippen molar-refractivity contribution in [3.05, 3.63) is 59.2 Å². The Morgan fingerprint density at radius 2 is 1.85 bits per heavy atom. The van der Waals surface area contributed by atoms with Crippen molar-refractivity contribution in [3.63, 3.8) is 0 Å². The van der Waals surface area contributed by atoms with Crippen molar-refractivity contribution in [2.75, 3.05) is 12.8 Å². The van der Waals surface area contributed by atoms with Gasteiger partial charge in [-0.15, -0.1) is 0 Å². The maximum absolute atomic E-state index is 12.1. The van der Waals surface area contributed by atoms with Crippen molar-refractivity contribution in [1.29, 1.82) is 0 Å². The zero-order valence-corrected chi connectivity index (χ0v) is 11.8. The summed E-state index contributed by atoms with van der Waals surface area (Å²) >= 11 is 0. The summed E-state index contributed by atoms with van der Waals surface area (Å²) in [6, 6.07) is 13.2. The number of Topliss-reactive ketones (excluding diaryl/α,β-unsaturated/α-hetero) is 1. The third-order valence-electron chi connectivity index (χ3n) is 3.39. The Morgan fingerprint density at radius 3 is 2.45 bits per heavy atom. The van der Waals surface area contributed by atoms with E-state index in [4.69, 9.17) is 10.5 Å². The van der Waals surface area contributed by atoms with Crippen LogP contribution in [0.25, 0.3) is 0 Å². The zero-order valence-electron chi connectivity index (χ0n) is 11.8. The number of aryl methyl sites for hydroxylation is 2. The van der Waals surface area contributed by atoms with Crippen LogP contribution in [0.4, 0.5) is 5.69 Å². The summed E-state index contributed by atoms with van der Waals surface area (Å²) in [5, 5.41) is 0. The van der Waals surface area contributed by atoms with Gasteiger partial charge in [0.25, 0.3) is 0 Å². The molecule has 0 saturated carbocycles.